The second-order valence-electron chi connectivity index (χ2n) is 11.6. The Bertz CT molecular complexity index is 1120. The lowest BCUT2D eigenvalue weighted by Crippen LogP contribution is -2.48. The first-order valence-electron chi connectivity index (χ1n) is 13.9. The van der Waals surface area contributed by atoms with Crippen LogP contribution in [0.4, 0.5) is 9.59 Å². The number of fused-ring (bicyclic) bond motifs is 3. The molecule has 39 heavy (non-hydrogen) atoms. The van der Waals surface area contributed by atoms with Crippen LogP contribution < -0.4 is 5.32 Å². The van der Waals surface area contributed by atoms with Crippen LogP contribution >= 0.6 is 0 Å². The highest BCUT2D eigenvalue weighted by atomic mass is 16.6. The van der Waals surface area contributed by atoms with Crippen molar-refractivity contribution in [1.29, 1.82) is 0 Å². The molecule has 2 N–H and O–H groups in total. The lowest BCUT2D eigenvalue weighted by atomic mass is 9.81. The fourth-order valence-corrected chi connectivity index (χ4v) is 5.41. The number of aliphatic carboxylic acids is 1. The Labute approximate surface area is 230 Å². The lowest BCUT2D eigenvalue weighted by Gasteiger charge is -2.33. The molecule has 1 saturated carbocycles. The van der Waals surface area contributed by atoms with Crippen molar-refractivity contribution in [1.82, 2.24) is 10.2 Å². The Kier molecular flexibility index (Phi) is 9.15. The van der Waals surface area contributed by atoms with Gasteiger partial charge in [0, 0.05) is 25.4 Å². The Hall–Kier alpha value is -3.55. The minimum atomic E-state index is -0.916. The molecular formula is C31H40N2O6. The van der Waals surface area contributed by atoms with Crippen LogP contribution in [0.2, 0.25) is 0 Å². The summed E-state index contributed by atoms with van der Waals surface area (Å²) in [5.41, 5.74) is 3.90. The Morgan fingerprint density at radius 1 is 1.03 bits per heavy atom. The second-order valence-corrected chi connectivity index (χ2v) is 11.6. The summed E-state index contributed by atoms with van der Waals surface area (Å²) in [7, 11) is 0. The van der Waals surface area contributed by atoms with E-state index in [0.29, 0.717) is 12.3 Å². The number of ether oxygens (including phenoxy) is 2. The van der Waals surface area contributed by atoms with Gasteiger partial charge in [-0.1, -0.05) is 67.8 Å². The number of amides is 2. The molecule has 0 bridgehead atoms. The van der Waals surface area contributed by atoms with Crippen molar-refractivity contribution in [2.45, 2.75) is 76.9 Å². The molecule has 2 aromatic carbocycles. The van der Waals surface area contributed by atoms with Gasteiger partial charge >= 0.3 is 18.2 Å². The zero-order valence-corrected chi connectivity index (χ0v) is 23.2. The summed E-state index contributed by atoms with van der Waals surface area (Å²) < 4.78 is 11.4. The van der Waals surface area contributed by atoms with Gasteiger partial charge in [-0.25, -0.2) is 9.59 Å². The number of carbonyl (C=O) groups excluding carboxylic acids is 2. The molecule has 1 atom stereocenters. The van der Waals surface area contributed by atoms with Crippen LogP contribution in [-0.4, -0.2) is 59.5 Å². The number of alkyl carbamates (subject to hydrolysis) is 1. The zero-order valence-electron chi connectivity index (χ0n) is 23.2. The lowest BCUT2D eigenvalue weighted by molar-refractivity contribution is -0.137. The quantitative estimate of drug-likeness (QED) is 0.355. The van der Waals surface area contributed by atoms with Gasteiger partial charge in [0.05, 0.1) is 6.04 Å². The van der Waals surface area contributed by atoms with Crippen LogP contribution in [0.3, 0.4) is 0 Å². The minimum absolute atomic E-state index is 0.0556. The summed E-state index contributed by atoms with van der Waals surface area (Å²) in [6.45, 7) is 6.05. The fourth-order valence-electron chi connectivity index (χ4n) is 5.41. The smallest absolute Gasteiger partial charge is 0.409 e. The van der Waals surface area contributed by atoms with Gasteiger partial charge in [-0.05, 0) is 61.8 Å². The summed E-state index contributed by atoms with van der Waals surface area (Å²) in [5, 5.41) is 12.1. The maximum atomic E-state index is 13.4. The maximum Gasteiger partial charge on any atom is 0.409 e. The molecule has 2 aliphatic rings. The molecule has 2 aliphatic carbocycles. The molecule has 210 valence electrons. The molecule has 0 aliphatic heterocycles. The van der Waals surface area contributed by atoms with Gasteiger partial charge in [0.15, 0.2) is 0 Å². The van der Waals surface area contributed by atoms with E-state index < -0.39 is 23.8 Å². The summed E-state index contributed by atoms with van der Waals surface area (Å²) in [6, 6.07) is 16.0. The van der Waals surface area contributed by atoms with Gasteiger partial charge in [0.2, 0.25) is 0 Å². The maximum absolute atomic E-state index is 13.4. The summed E-state index contributed by atoms with van der Waals surface area (Å²) >= 11 is 0. The topological polar surface area (TPSA) is 105 Å². The van der Waals surface area contributed by atoms with E-state index in [2.05, 4.69) is 29.6 Å². The van der Waals surface area contributed by atoms with E-state index in [1.54, 1.807) is 0 Å². The predicted molar refractivity (Wildman–Crippen MR) is 149 cm³/mol. The molecule has 4 rings (SSSR count). The first-order valence-corrected chi connectivity index (χ1v) is 13.9. The Morgan fingerprint density at radius 2 is 1.64 bits per heavy atom. The molecular weight excluding hydrogens is 496 g/mol. The number of nitrogens with one attached hydrogen (secondary N) is 1. The van der Waals surface area contributed by atoms with E-state index in [4.69, 9.17) is 14.6 Å². The van der Waals surface area contributed by atoms with Crippen molar-refractivity contribution >= 4 is 18.2 Å². The third-order valence-electron chi connectivity index (χ3n) is 7.42. The van der Waals surface area contributed by atoms with E-state index in [1.165, 1.54) is 11.3 Å². The number of carboxylic acids is 1. The SMILES string of the molecule is CC(C)(C)OC(=O)NC(CC1CCC1)CN(CCCC(=O)O)C(=O)OCC1c2ccccc2-c2ccccc21. The van der Waals surface area contributed by atoms with Crippen molar-refractivity contribution in [3.05, 3.63) is 59.7 Å². The first kappa shape index (κ1) is 28.5. The van der Waals surface area contributed by atoms with E-state index in [1.807, 2.05) is 45.0 Å². The Morgan fingerprint density at radius 3 is 2.18 bits per heavy atom. The largest absolute Gasteiger partial charge is 0.481 e. The standard InChI is InChI=1S/C31H40N2O6/c1-31(2,3)39-29(36)32-22(18-21-10-8-11-21)19-33(17-9-16-28(34)35)30(37)38-20-27-25-14-6-4-12-23(25)24-13-5-7-15-26(24)27/h4-7,12-15,21-22,27H,8-11,16-20H2,1-3H3,(H,32,36)(H,34,35). The summed E-state index contributed by atoms with van der Waals surface area (Å²) in [6.07, 6.45) is 3.29. The summed E-state index contributed by atoms with van der Waals surface area (Å²) in [4.78, 5) is 38.7. The predicted octanol–water partition coefficient (Wildman–Crippen LogP) is 6.19. The van der Waals surface area contributed by atoms with Gasteiger partial charge in [0.25, 0.3) is 0 Å². The van der Waals surface area contributed by atoms with Crippen molar-refractivity contribution < 1.29 is 29.0 Å². The van der Waals surface area contributed by atoms with E-state index in [9.17, 15) is 14.4 Å². The average molecular weight is 537 g/mol. The van der Waals surface area contributed by atoms with Gasteiger partial charge in [0.1, 0.15) is 12.2 Å². The Balaban J connectivity index is 1.46. The highest BCUT2D eigenvalue weighted by Gasteiger charge is 2.31. The molecule has 0 radical (unpaired) electrons. The van der Waals surface area contributed by atoms with Crippen molar-refractivity contribution in [2.75, 3.05) is 19.7 Å². The average Bonchev–Trinajstić information content (AvgIpc) is 3.16. The van der Waals surface area contributed by atoms with E-state index >= 15 is 0 Å². The van der Waals surface area contributed by atoms with E-state index in [-0.39, 0.29) is 38.1 Å². The van der Waals surface area contributed by atoms with Gasteiger partial charge < -0.3 is 24.8 Å². The number of rotatable bonds is 11. The van der Waals surface area contributed by atoms with Gasteiger partial charge in [-0.15, -0.1) is 0 Å². The monoisotopic (exact) mass is 536 g/mol. The molecule has 8 nitrogen and oxygen atoms in total. The van der Waals surface area contributed by atoms with E-state index in [0.717, 1.165) is 41.5 Å². The minimum Gasteiger partial charge on any atom is -0.481 e. The fraction of sp³-hybridized carbons (Fsp3) is 0.516. The number of benzene rings is 2. The zero-order chi connectivity index (χ0) is 28.0. The van der Waals surface area contributed by atoms with Crippen LogP contribution in [-0.2, 0) is 14.3 Å². The van der Waals surface area contributed by atoms with Crippen LogP contribution in [0.1, 0.15) is 76.3 Å². The molecule has 0 saturated heterocycles. The number of hydrogen-bond donors (Lipinski definition) is 2. The normalized spacial score (nSPS) is 15.5. The highest BCUT2D eigenvalue weighted by molar-refractivity contribution is 5.79. The van der Waals surface area contributed by atoms with Crippen molar-refractivity contribution in [3.8, 4) is 11.1 Å². The second kappa shape index (κ2) is 12.5. The van der Waals surface area contributed by atoms with Crippen LogP contribution in [0.25, 0.3) is 11.1 Å². The summed E-state index contributed by atoms with van der Waals surface area (Å²) in [5.74, 6) is -0.512. The number of hydrogen-bond acceptors (Lipinski definition) is 5. The molecule has 0 heterocycles. The number of carboxylic acid groups (broad SMARTS) is 1. The highest BCUT2D eigenvalue weighted by Crippen LogP contribution is 2.44. The van der Waals surface area contributed by atoms with Gasteiger partial charge in [-0.3, -0.25) is 4.79 Å². The molecule has 2 aromatic rings. The molecule has 0 spiro atoms. The number of carbonyl (C=O) groups is 3. The molecule has 8 heteroatoms. The number of nitrogens with zero attached hydrogens (tertiary/aromatic N) is 1. The van der Waals surface area contributed by atoms with Crippen LogP contribution in [0.15, 0.2) is 48.5 Å². The third-order valence-corrected chi connectivity index (χ3v) is 7.42. The van der Waals surface area contributed by atoms with Gasteiger partial charge in [-0.2, -0.15) is 0 Å². The van der Waals surface area contributed by atoms with Crippen LogP contribution in [0.5, 0.6) is 0 Å². The molecule has 1 unspecified atom stereocenters. The molecule has 1 fully saturated rings. The molecule has 2 amide bonds. The van der Waals surface area contributed by atoms with Crippen molar-refractivity contribution in [3.63, 3.8) is 0 Å². The third kappa shape index (κ3) is 7.74. The molecule has 0 aromatic heterocycles. The van der Waals surface area contributed by atoms with Crippen molar-refractivity contribution in [2.24, 2.45) is 5.92 Å². The first-order chi connectivity index (χ1) is 18.6. The van der Waals surface area contributed by atoms with Crippen LogP contribution in [0, 0.1) is 5.92 Å².